The number of hydrogen-bond donors (Lipinski definition) is 2. The van der Waals surface area contributed by atoms with Gasteiger partial charge in [-0.1, -0.05) is 35.9 Å². The van der Waals surface area contributed by atoms with Crippen molar-refractivity contribution >= 4 is 35.2 Å². The summed E-state index contributed by atoms with van der Waals surface area (Å²) in [4.78, 5) is 28.3. The van der Waals surface area contributed by atoms with Crippen molar-refractivity contribution in [3.63, 3.8) is 0 Å². The molecule has 1 fully saturated rings. The molecule has 2 amide bonds. The van der Waals surface area contributed by atoms with Crippen molar-refractivity contribution < 1.29 is 14.3 Å². The molecule has 0 bridgehead atoms. The number of rotatable bonds is 11. The Labute approximate surface area is 205 Å². The number of benzene rings is 2. The van der Waals surface area contributed by atoms with E-state index in [9.17, 15) is 9.59 Å². The fourth-order valence-electron chi connectivity index (χ4n) is 4.07. The van der Waals surface area contributed by atoms with E-state index < -0.39 is 6.04 Å². The number of carbonyl (C=O) groups is 2. The first-order valence-electron chi connectivity index (χ1n) is 11.2. The minimum absolute atomic E-state index is 0.0482. The van der Waals surface area contributed by atoms with Crippen molar-refractivity contribution in [2.24, 2.45) is 0 Å². The second-order valence-corrected chi connectivity index (χ2v) is 9.46. The van der Waals surface area contributed by atoms with Crippen LogP contribution in [0.5, 0.6) is 5.75 Å². The number of likely N-dealkylation sites (tertiary alicyclic amines) is 1. The summed E-state index contributed by atoms with van der Waals surface area (Å²) in [6.45, 7) is 2.46. The Bertz CT molecular complexity index is 937. The first kappa shape index (κ1) is 25.4. The van der Waals surface area contributed by atoms with Crippen LogP contribution in [0.2, 0.25) is 5.02 Å². The molecule has 1 aliphatic heterocycles. The zero-order chi connectivity index (χ0) is 23.6. The van der Waals surface area contributed by atoms with Crippen LogP contribution in [-0.4, -0.2) is 61.5 Å². The van der Waals surface area contributed by atoms with E-state index in [0.29, 0.717) is 23.6 Å². The lowest BCUT2D eigenvalue weighted by molar-refractivity contribution is -0.123. The molecular formula is C25H32ClN3O3S. The van der Waals surface area contributed by atoms with Crippen molar-refractivity contribution in [2.45, 2.75) is 31.3 Å². The molecule has 1 heterocycles. The maximum Gasteiger partial charge on any atom is 0.253 e. The van der Waals surface area contributed by atoms with Gasteiger partial charge < -0.3 is 15.4 Å². The summed E-state index contributed by atoms with van der Waals surface area (Å²) < 4.78 is 5.40. The minimum atomic E-state index is -0.634. The van der Waals surface area contributed by atoms with E-state index >= 15 is 0 Å². The van der Waals surface area contributed by atoms with E-state index in [1.54, 1.807) is 43.1 Å². The number of halogens is 1. The molecule has 2 aromatic rings. The van der Waals surface area contributed by atoms with Gasteiger partial charge in [-0.3, -0.25) is 14.5 Å². The number of nitrogens with one attached hydrogen (secondary N) is 2. The molecule has 8 heteroatoms. The van der Waals surface area contributed by atoms with E-state index in [2.05, 4.69) is 21.6 Å². The Balaban J connectivity index is 1.71. The highest BCUT2D eigenvalue weighted by molar-refractivity contribution is 7.98. The normalized spacial score (nSPS) is 15.6. The van der Waals surface area contributed by atoms with Gasteiger partial charge in [-0.05, 0) is 74.2 Å². The van der Waals surface area contributed by atoms with Crippen LogP contribution in [0.25, 0.3) is 0 Å². The van der Waals surface area contributed by atoms with E-state index in [1.807, 2.05) is 24.5 Å². The highest BCUT2D eigenvalue weighted by atomic mass is 35.5. The number of hydrogen-bond acceptors (Lipinski definition) is 5. The van der Waals surface area contributed by atoms with Crippen molar-refractivity contribution in [3.05, 3.63) is 64.7 Å². The maximum atomic E-state index is 13.2. The molecule has 0 radical (unpaired) electrons. The van der Waals surface area contributed by atoms with E-state index in [-0.39, 0.29) is 17.9 Å². The molecule has 3 rings (SSSR count). The van der Waals surface area contributed by atoms with Gasteiger partial charge in [0.2, 0.25) is 5.91 Å². The number of thioether (sulfide) groups is 1. The third kappa shape index (κ3) is 7.13. The number of nitrogens with zero attached hydrogens (tertiary/aromatic N) is 1. The third-order valence-electron chi connectivity index (χ3n) is 5.88. The van der Waals surface area contributed by atoms with Gasteiger partial charge in [0, 0.05) is 6.54 Å². The monoisotopic (exact) mass is 489 g/mol. The lowest BCUT2D eigenvalue weighted by Gasteiger charge is -2.29. The van der Waals surface area contributed by atoms with Crippen LogP contribution >= 0.6 is 23.4 Å². The van der Waals surface area contributed by atoms with Crippen molar-refractivity contribution in [1.82, 2.24) is 15.5 Å². The summed E-state index contributed by atoms with van der Waals surface area (Å²) in [5.41, 5.74) is 1.48. The van der Waals surface area contributed by atoms with E-state index in [0.717, 1.165) is 43.0 Å². The predicted molar refractivity (Wildman–Crippen MR) is 135 cm³/mol. The molecule has 2 atom stereocenters. The molecule has 1 saturated heterocycles. The first-order valence-corrected chi connectivity index (χ1v) is 13.0. The lowest BCUT2D eigenvalue weighted by Crippen LogP contribution is -2.49. The Morgan fingerprint density at radius 3 is 2.61 bits per heavy atom. The maximum absolute atomic E-state index is 13.2. The summed E-state index contributed by atoms with van der Waals surface area (Å²) in [5, 5.41) is 6.34. The quantitative estimate of drug-likeness (QED) is 0.496. The molecular weight excluding hydrogens is 458 g/mol. The Kier molecular flexibility index (Phi) is 9.91. The summed E-state index contributed by atoms with van der Waals surface area (Å²) in [7, 11) is 1.66. The van der Waals surface area contributed by atoms with Gasteiger partial charge in [-0.2, -0.15) is 11.8 Å². The zero-order valence-electron chi connectivity index (χ0n) is 19.2. The van der Waals surface area contributed by atoms with Gasteiger partial charge in [-0.25, -0.2) is 0 Å². The lowest BCUT2D eigenvalue weighted by atomic mass is 10.0. The molecule has 178 valence electrons. The molecule has 0 aromatic heterocycles. The van der Waals surface area contributed by atoms with Gasteiger partial charge in [0.15, 0.2) is 0 Å². The fraction of sp³-hybridized carbons (Fsp3) is 0.440. The number of methoxy groups -OCH3 is 1. The van der Waals surface area contributed by atoms with E-state index in [4.69, 9.17) is 16.3 Å². The smallest absolute Gasteiger partial charge is 0.253 e. The largest absolute Gasteiger partial charge is 0.497 e. The minimum Gasteiger partial charge on any atom is -0.497 e. The van der Waals surface area contributed by atoms with Crippen molar-refractivity contribution in [2.75, 3.05) is 38.8 Å². The summed E-state index contributed by atoms with van der Waals surface area (Å²) in [6, 6.07) is 14.3. The molecule has 0 aliphatic carbocycles. The summed E-state index contributed by atoms with van der Waals surface area (Å²) >= 11 is 7.81. The molecule has 2 N–H and O–H groups in total. The SMILES string of the molecule is COc1cccc(C(CNC(=O)C(CCSC)NC(=O)c2ccccc2Cl)N2CCCC2)c1. The molecule has 0 spiro atoms. The van der Waals surface area contributed by atoms with Gasteiger partial charge >= 0.3 is 0 Å². The van der Waals surface area contributed by atoms with Crippen LogP contribution in [0.3, 0.4) is 0 Å². The van der Waals surface area contributed by atoms with Crippen LogP contribution in [-0.2, 0) is 4.79 Å². The van der Waals surface area contributed by atoms with Crippen LogP contribution in [0.4, 0.5) is 0 Å². The third-order valence-corrected chi connectivity index (χ3v) is 6.85. The first-order chi connectivity index (χ1) is 16.0. The van der Waals surface area contributed by atoms with Gasteiger partial charge in [0.25, 0.3) is 5.91 Å². The molecule has 1 aliphatic rings. The van der Waals surface area contributed by atoms with Crippen LogP contribution in [0.15, 0.2) is 48.5 Å². The van der Waals surface area contributed by atoms with Crippen LogP contribution in [0.1, 0.15) is 41.2 Å². The average molecular weight is 490 g/mol. The second-order valence-electron chi connectivity index (χ2n) is 8.07. The zero-order valence-corrected chi connectivity index (χ0v) is 20.8. The van der Waals surface area contributed by atoms with Gasteiger partial charge in [-0.15, -0.1) is 0 Å². The number of ether oxygens (including phenoxy) is 1. The average Bonchev–Trinajstić information content (AvgIpc) is 3.36. The molecule has 33 heavy (non-hydrogen) atoms. The molecule has 6 nitrogen and oxygen atoms in total. The highest BCUT2D eigenvalue weighted by Crippen LogP contribution is 2.27. The van der Waals surface area contributed by atoms with Gasteiger partial charge in [0.05, 0.1) is 23.7 Å². The highest BCUT2D eigenvalue weighted by Gasteiger charge is 2.27. The summed E-state index contributed by atoms with van der Waals surface area (Å²) in [6.07, 6.45) is 4.82. The topological polar surface area (TPSA) is 70.7 Å². The predicted octanol–water partition coefficient (Wildman–Crippen LogP) is 4.15. The van der Waals surface area contributed by atoms with Gasteiger partial charge in [0.1, 0.15) is 11.8 Å². The van der Waals surface area contributed by atoms with Crippen LogP contribution in [0, 0.1) is 0 Å². The summed E-state index contributed by atoms with van der Waals surface area (Å²) in [5.74, 6) is 1.03. The van der Waals surface area contributed by atoms with Crippen molar-refractivity contribution in [1.29, 1.82) is 0 Å². The van der Waals surface area contributed by atoms with Crippen LogP contribution < -0.4 is 15.4 Å². The number of carbonyl (C=O) groups excluding carboxylic acids is 2. The van der Waals surface area contributed by atoms with Crippen molar-refractivity contribution in [3.8, 4) is 5.75 Å². The Hall–Kier alpha value is -2.22. The van der Waals surface area contributed by atoms with E-state index in [1.165, 1.54) is 0 Å². The molecule has 2 unspecified atom stereocenters. The number of amides is 2. The fourth-order valence-corrected chi connectivity index (χ4v) is 4.76. The Morgan fingerprint density at radius 1 is 1.15 bits per heavy atom. The molecule has 0 saturated carbocycles. The standard InChI is InChI=1S/C25H32ClN3O3S/c1-32-19-9-7-8-18(16-19)23(29-13-5-6-14-29)17-27-25(31)22(12-15-33-2)28-24(30)20-10-3-4-11-21(20)26/h3-4,7-11,16,22-23H,5-6,12-15,17H2,1-2H3,(H,27,31)(H,28,30). The molecule has 2 aromatic carbocycles. The second kappa shape index (κ2) is 12.9. The Morgan fingerprint density at radius 2 is 1.91 bits per heavy atom.